The monoisotopic (exact) mass is 276 g/mol. The van der Waals surface area contributed by atoms with E-state index in [0.717, 1.165) is 37.6 Å². The van der Waals surface area contributed by atoms with Crippen LogP contribution in [0.5, 0.6) is 0 Å². The molecule has 4 nitrogen and oxygen atoms in total. The van der Waals surface area contributed by atoms with Crippen LogP contribution in [0.25, 0.3) is 0 Å². The normalized spacial score (nSPS) is 16.1. The van der Waals surface area contributed by atoms with Crippen molar-refractivity contribution in [3.63, 3.8) is 0 Å². The van der Waals surface area contributed by atoms with Gasteiger partial charge in [-0.3, -0.25) is 0 Å². The van der Waals surface area contributed by atoms with Crippen molar-refractivity contribution in [1.29, 1.82) is 0 Å². The molecule has 0 radical (unpaired) electrons. The van der Waals surface area contributed by atoms with Gasteiger partial charge >= 0.3 is 0 Å². The molecule has 1 N–H and O–H groups in total. The van der Waals surface area contributed by atoms with E-state index in [0.29, 0.717) is 6.04 Å². The topological polar surface area (TPSA) is 41.0 Å². The summed E-state index contributed by atoms with van der Waals surface area (Å²) < 4.78 is 0. The first-order valence-corrected chi connectivity index (χ1v) is 8.17. The van der Waals surface area contributed by atoms with E-state index in [2.05, 4.69) is 40.1 Å². The number of nitrogens with one attached hydrogen (secondary N) is 1. The van der Waals surface area contributed by atoms with E-state index in [1.807, 2.05) is 0 Å². The van der Waals surface area contributed by atoms with Gasteiger partial charge in [0, 0.05) is 25.2 Å². The summed E-state index contributed by atoms with van der Waals surface area (Å²) in [6, 6.07) is 2.71. The molecule has 0 atom stereocenters. The molecule has 2 rings (SSSR count). The highest BCUT2D eigenvalue weighted by Crippen LogP contribution is 2.22. The van der Waals surface area contributed by atoms with Gasteiger partial charge in [-0.15, -0.1) is 0 Å². The minimum Gasteiger partial charge on any atom is -0.367 e. The zero-order chi connectivity index (χ0) is 14.2. The van der Waals surface area contributed by atoms with Crippen LogP contribution >= 0.6 is 0 Å². The van der Waals surface area contributed by atoms with E-state index in [1.165, 1.54) is 32.1 Å². The van der Waals surface area contributed by atoms with Gasteiger partial charge < -0.3 is 10.2 Å². The number of hydrogen-bond donors (Lipinski definition) is 1. The van der Waals surface area contributed by atoms with Crippen molar-refractivity contribution in [2.24, 2.45) is 0 Å². The quantitative estimate of drug-likeness (QED) is 0.821. The van der Waals surface area contributed by atoms with E-state index >= 15 is 0 Å². The first-order valence-electron chi connectivity index (χ1n) is 8.17. The second kappa shape index (κ2) is 8.08. The van der Waals surface area contributed by atoms with Crippen LogP contribution in [0.15, 0.2) is 12.4 Å². The van der Waals surface area contributed by atoms with Gasteiger partial charge in [0.05, 0.1) is 0 Å². The smallest absolute Gasteiger partial charge is 0.134 e. The van der Waals surface area contributed by atoms with Gasteiger partial charge in [0.2, 0.25) is 0 Å². The predicted octanol–water partition coefficient (Wildman–Crippen LogP) is 3.85. The molecule has 1 saturated carbocycles. The van der Waals surface area contributed by atoms with E-state index in [-0.39, 0.29) is 0 Å². The summed E-state index contributed by atoms with van der Waals surface area (Å²) >= 11 is 0. The summed E-state index contributed by atoms with van der Waals surface area (Å²) in [5.41, 5.74) is 0. The first kappa shape index (κ1) is 15.1. The fourth-order valence-electron chi connectivity index (χ4n) is 2.94. The molecule has 20 heavy (non-hydrogen) atoms. The van der Waals surface area contributed by atoms with Crippen molar-refractivity contribution < 1.29 is 0 Å². The number of aromatic nitrogens is 2. The van der Waals surface area contributed by atoms with E-state index < -0.39 is 0 Å². The highest BCUT2D eigenvalue weighted by molar-refractivity contribution is 5.48. The lowest BCUT2D eigenvalue weighted by Gasteiger charge is -2.25. The van der Waals surface area contributed by atoms with Gasteiger partial charge in [0.15, 0.2) is 0 Å². The minimum absolute atomic E-state index is 0.595. The average Bonchev–Trinajstić information content (AvgIpc) is 2.48. The Balaban J connectivity index is 2.01. The fourth-order valence-corrected chi connectivity index (χ4v) is 2.94. The molecule has 1 aromatic heterocycles. The third-order valence-corrected chi connectivity index (χ3v) is 3.92. The zero-order valence-corrected chi connectivity index (χ0v) is 12.9. The van der Waals surface area contributed by atoms with Crippen LogP contribution in [-0.2, 0) is 0 Å². The van der Waals surface area contributed by atoms with Crippen LogP contribution in [0, 0.1) is 0 Å². The Labute approximate surface area is 123 Å². The lowest BCUT2D eigenvalue weighted by atomic mass is 9.95. The van der Waals surface area contributed by atoms with Crippen molar-refractivity contribution in [3.05, 3.63) is 12.4 Å². The molecule has 0 aliphatic heterocycles. The van der Waals surface area contributed by atoms with Crippen LogP contribution in [0.2, 0.25) is 0 Å². The van der Waals surface area contributed by atoms with Gasteiger partial charge in [-0.1, -0.05) is 33.1 Å². The van der Waals surface area contributed by atoms with Crippen molar-refractivity contribution >= 4 is 11.6 Å². The molecule has 4 heteroatoms. The molecule has 1 aliphatic rings. The van der Waals surface area contributed by atoms with Crippen molar-refractivity contribution in [1.82, 2.24) is 9.97 Å². The van der Waals surface area contributed by atoms with Gasteiger partial charge in [0.25, 0.3) is 0 Å². The molecule has 0 amide bonds. The third-order valence-electron chi connectivity index (χ3n) is 3.92. The van der Waals surface area contributed by atoms with Crippen LogP contribution in [0.3, 0.4) is 0 Å². The number of hydrogen-bond acceptors (Lipinski definition) is 4. The second-order valence-corrected chi connectivity index (χ2v) is 5.73. The fraction of sp³-hybridized carbons (Fsp3) is 0.750. The number of rotatable bonds is 7. The molecule has 0 unspecified atom stereocenters. The van der Waals surface area contributed by atoms with Gasteiger partial charge in [0.1, 0.15) is 18.0 Å². The first-order chi connectivity index (χ1) is 9.83. The molecular weight excluding hydrogens is 248 g/mol. The Morgan fingerprint density at radius 2 is 1.80 bits per heavy atom. The Hall–Kier alpha value is -1.32. The standard InChI is InChI=1S/C16H28N4/c1-3-10-20(11-4-2)16-12-15(17-13-18-16)19-14-8-6-5-7-9-14/h12-14H,3-11H2,1-2H3,(H,17,18,19). The van der Waals surface area contributed by atoms with Crippen molar-refractivity contribution in [2.75, 3.05) is 23.3 Å². The molecular formula is C16H28N4. The maximum Gasteiger partial charge on any atom is 0.134 e. The molecule has 0 aromatic carbocycles. The molecule has 1 aromatic rings. The lowest BCUT2D eigenvalue weighted by Crippen LogP contribution is -2.27. The summed E-state index contributed by atoms with van der Waals surface area (Å²) in [6.45, 7) is 6.55. The van der Waals surface area contributed by atoms with Gasteiger partial charge in [-0.05, 0) is 25.7 Å². The average molecular weight is 276 g/mol. The summed E-state index contributed by atoms with van der Waals surface area (Å²) in [6.07, 6.45) is 10.6. The van der Waals surface area contributed by atoms with Crippen molar-refractivity contribution in [3.8, 4) is 0 Å². The Morgan fingerprint density at radius 1 is 1.10 bits per heavy atom. The largest absolute Gasteiger partial charge is 0.367 e. The minimum atomic E-state index is 0.595. The lowest BCUT2D eigenvalue weighted by molar-refractivity contribution is 0.462. The molecule has 0 saturated heterocycles. The molecule has 1 aliphatic carbocycles. The third kappa shape index (κ3) is 4.36. The number of anilines is 2. The number of nitrogens with zero attached hydrogens (tertiary/aromatic N) is 3. The van der Waals surface area contributed by atoms with E-state index in [4.69, 9.17) is 0 Å². The Kier molecular flexibility index (Phi) is 6.09. The van der Waals surface area contributed by atoms with Crippen LogP contribution < -0.4 is 10.2 Å². The second-order valence-electron chi connectivity index (χ2n) is 5.73. The SMILES string of the molecule is CCCN(CCC)c1cc(NC2CCCCC2)ncn1. The summed E-state index contributed by atoms with van der Waals surface area (Å²) in [7, 11) is 0. The van der Waals surface area contributed by atoms with Crippen LogP contribution in [0.4, 0.5) is 11.6 Å². The van der Waals surface area contributed by atoms with Gasteiger partial charge in [-0.25, -0.2) is 9.97 Å². The van der Waals surface area contributed by atoms with Crippen LogP contribution in [0.1, 0.15) is 58.8 Å². The highest BCUT2D eigenvalue weighted by atomic mass is 15.2. The van der Waals surface area contributed by atoms with Crippen molar-refractivity contribution in [2.45, 2.75) is 64.8 Å². The molecule has 0 spiro atoms. The summed E-state index contributed by atoms with van der Waals surface area (Å²) in [4.78, 5) is 11.2. The zero-order valence-electron chi connectivity index (χ0n) is 12.9. The molecule has 1 fully saturated rings. The maximum atomic E-state index is 4.44. The van der Waals surface area contributed by atoms with Gasteiger partial charge in [-0.2, -0.15) is 0 Å². The Bertz CT molecular complexity index is 382. The Morgan fingerprint density at radius 3 is 2.45 bits per heavy atom. The highest BCUT2D eigenvalue weighted by Gasteiger charge is 2.14. The predicted molar refractivity (Wildman–Crippen MR) is 85.3 cm³/mol. The van der Waals surface area contributed by atoms with E-state index in [9.17, 15) is 0 Å². The summed E-state index contributed by atoms with van der Waals surface area (Å²) in [5.74, 6) is 2.04. The summed E-state index contributed by atoms with van der Waals surface area (Å²) in [5, 5.41) is 3.58. The maximum absolute atomic E-state index is 4.44. The molecule has 0 bridgehead atoms. The van der Waals surface area contributed by atoms with E-state index in [1.54, 1.807) is 6.33 Å². The molecule has 1 heterocycles. The molecule has 112 valence electrons. The van der Waals surface area contributed by atoms with Crippen LogP contribution in [-0.4, -0.2) is 29.1 Å².